The summed E-state index contributed by atoms with van der Waals surface area (Å²) < 4.78 is 25.8. The van der Waals surface area contributed by atoms with Crippen LogP contribution in [0.4, 0.5) is 14.6 Å². The van der Waals surface area contributed by atoms with Crippen molar-refractivity contribution >= 4 is 29.3 Å². The van der Waals surface area contributed by atoms with Gasteiger partial charge in [-0.1, -0.05) is 23.5 Å². The van der Waals surface area contributed by atoms with E-state index in [0.717, 1.165) is 12.1 Å². The molecule has 2 aromatic rings. The molecule has 0 spiro atoms. The molecule has 0 aliphatic heterocycles. The third-order valence-electron chi connectivity index (χ3n) is 2.00. The van der Waals surface area contributed by atoms with Gasteiger partial charge < -0.3 is 5.73 Å². The van der Waals surface area contributed by atoms with Crippen LogP contribution in [0, 0.1) is 11.6 Å². The summed E-state index contributed by atoms with van der Waals surface area (Å²) >= 11 is 2.57. The molecule has 3 nitrogen and oxygen atoms in total. The van der Waals surface area contributed by atoms with Crippen LogP contribution in [0.25, 0.3) is 0 Å². The highest BCUT2D eigenvalue weighted by atomic mass is 32.2. The number of thioether (sulfide) groups is 1. The molecule has 0 unspecified atom stereocenters. The monoisotopic (exact) mass is 285 g/mol. The Kier molecular flexibility index (Phi) is 4.03. The van der Waals surface area contributed by atoms with Crippen molar-refractivity contribution in [2.24, 2.45) is 0 Å². The number of nitrogens with zero attached hydrogens (tertiary/aromatic N) is 2. The minimum atomic E-state index is -0.882. The molecule has 0 saturated carbocycles. The van der Waals surface area contributed by atoms with Crippen LogP contribution >= 0.6 is 23.5 Å². The molecule has 18 heavy (non-hydrogen) atoms. The summed E-state index contributed by atoms with van der Waals surface area (Å²) in [7, 11) is 0. The first-order chi connectivity index (χ1) is 8.58. The lowest BCUT2D eigenvalue weighted by Crippen LogP contribution is -1.95. The summed E-state index contributed by atoms with van der Waals surface area (Å²) in [6.45, 7) is 0. The fourth-order valence-corrected chi connectivity index (χ4v) is 2.52. The number of hydrogen-bond acceptors (Lipinski definition) is 5. The Morgan fingerprint density at radius 1 is 1.11 bits per heavy atom. The van der Waals surface area contributed by atoms with Crippen molar-refractivity contribution in [3.05, 3.63) is 35.9 Å². The van der Waals surface area contributed by atoms with Gasteiger partial charge in [0.2, 0.25) is 0 Å². The van der Waals surface area contributed by atoms with Crippen molar-refractivity contribution in [3.8, 4) is 0 Å². The van der Waals surface area contributed by atoms with E-state index in [1.165, 1.54) is 29.6 Å². The second-order valence-corrected chi connectivity index (χ2v) is 5.16. The van der Waals surface area contributed by atoms with Gasteiger partial charge in [0.15, 0.2) is 16.8 Å². The van der Waals surface area contributed by atoms with Crippen LogP contribution in [0.1, 0.15) is 0 Å². The number of halogens is 2. The Morgan fingerprint density at radius 3 is 2.56 bits per heavy atom. The van der Waals surface area contributed by atoms with Crippen molar-refractivity contribution in [2.75, 3.05) is 12.0 Å². The number of anilines is 1. The summed E-state index contributed by atoms with van der Waals surface area (Å²) in [4.78, 5) is 8.78. The van der Waals surface area contributed by atoms with Gasteiger partial charge in [-0.25, -0.2) is 18.7 Å². The molecule has 0 fully saturated rings. The molecular formula is C11H9F2N3S2. The Bertz CT molecular complexity index is 578. The minimum absolute atomic E-state index is 0.347. The largest absolute Gasteiger partial charge is 0.384 e. The Balaban J connectivity index is 2.27. The fourth-order valence-electron chi connectivity index (χ4n) is 1.23. The summed E-state index contributed by atoms with van der Waals surface area (Å²) in [6.07, 6.45) is 1.83. The molecule has 0 saturated heterocycles. The van der Waals surface area contributed by atoms with Gasteiger partial charge in [0, 0.05) is 11.0 Å². The van der Waals surface area contributed by atoms with E-state index < -0.39 is 11.6 Å². The first-order valence-corrected chi connectivity index (χ1v) is 6.94. The van der Waals surface area contributed by atoms with E-state index in [1.807, 2.05) is 6.26 Å². The number of nitrogens with two attached hydrogens (primary N) is 1. The van der Waals surface area contributed by atoms with Crippen LogP contribution in [-0.4, -0.2) is 16.2 Å². The number of aromatic nitrogens is 2. The summed E-state index contributed by atoms with van der Waals surface area (Å²) in [5.41, 5.74) is 5.63. The normalized spacial score (nSPS) is 10.6. The maximum absolute atomic E-state index is 13.1. The lowest BCUT2D eigenvalue weighted by atomic mass is 10.3. The van der Waals surface area contributed by atoms with Crippen LogP contribution in [-0.2, 0) is 0 Å². The van der Waals surface area contributed by atoms with Crippen LogP contribution in [0.3, 0.4) is 0 Å². The Morgan fingerprint density at radius 2 is 1.89 bits per heavy atom. The van der Waals surface area contributed by atoms with Crippen molar-refractivity contribution in [1.82, 2.24) is 9.97 Å². The van der Waals surface area contributed by atoms with E-state index in [9.17, 15) is 8.78 Å². The van der Waals surface area contributed by atoms with Crippen LogP contribution in [0.15, 0.2) is 39.3 Å². The zero-order chi connectivity index (χ0) is 13.1. The van der Waals surface area contributed by atoms with Gasteiger partial charge >= 0.3 is 0 Å². The SMILES string of the molecule is CSc1nc(N)cc(Sc2ccc(F)c(F)c2)n1. The van der Waals surface area contributed by atoms with E-state index in [-0.39, 0.29) is 0 Å². The summed E-state index contributed by atoms with van der Waals surface area (Å²) in [5.74, 6) is -1.40. The van der Waals surface area contributed by atoms with E-state index in [2.05, 4.69) is 9.97 Å². The molecule has 1 aromatic heterocycles. The molecule has 0 aliphatic carbocycles. The predicted molar refractivity (Wildman–Crippen MR) is 68.7 cm³/mol. The predicted octanol–water partition coefficient (Wildman–Crippen LogP) is 3.21. The van der Waals surface area contributed by atoms with Crippen LogP contribution in [0.5, 0.6) is 0 Å². The molecule has 1 aromatic carbocycles. The zero-order valence-corrected chi connectivity index (χ0v) is 11.0. The molecule has 2 rings (SSSR count). The van der Waals surface area contributed by atoms with Crippen LogP contribution in [0.2, 0.25) is 0 Å². The number of hydrogen-bond donors (Lipinski definition) is 1. The quantitative estimate of drug-likeness (QED) is 0.533. The molecule has 0 atom stereocenters. The van der Waals surface area contributed by atoms with Crippen molar-refractivity contribution in [3.63, 3.8) is 0 Å². The van der Waals surface area contributed by atoms with Gasteiger partial charge in [0.25, 0.3) is 0 Å². The minimum Gasteiger partial charge on any atom is -0.384 e. The van der Waals surface area contributed by atoms with Gasteiger partial charge in [-0.2, -0.15) is 0 Å². The molecule has 0 bridgehead atoms. The summed E-state index contributed by atoms with van der Waals surface area (Å²) in [5, 5.41) is 1.14. The standard InChI is InChI=1S/C11H9F2N3S2/c1-17-11-15-9(14)5-10(16-11)18-6-2-3-7(12)8(13)4-6/h2-5H,1H3,(H2,14,15,16). The van der Waals surface area contributed by atoms with Gasteiger partial charge in [-0.05, 0) is 24.5 Å². The van der Waals surface area contributed by atoms with E-state index in [0.29, 0.717) is 20.9 Å². The first kappa shape index (κ1) is 13.1. The molecule has 1 heterocycles. The Labute approximate surface area is 111 Å². The second kappa shape index (κ2) is 5.53. The lowest BCUT2D eigenvalue weighted by Gasteiger charge is -2.04. The average Bonchev–Trinajstić information content (AvgIpc) is 2.33. The maximum Gasteiger partial charge on any atom is 0.190 e. The van der Waals surface area contributed by atoms with Gasteiger partial charge in [-0.3, -0.25) is 0 Å². The Hall–Kier alpha value is -1.34. The smallest absolute Gasteiger partial charge is 0.190 e. The first-order valence-electron chi connectivity index (χ1n) is 4.90. The lowest BCUT2D eigenvalue weighted by molar-refractivity contribution is 0.506. The number of benzene rings is 1. The van der Waals surface area contributed by atoms with E-state index in [1.54, 1.807) is 6.07 Å². The van der Waals surface area contributed by atoms with Crippen LogP contribution < -0.4 is 5.73 Å². The second-order valence-electron chi connectivity index (χ2n) is 3.30. The van der Waals surface area contributed by atoms with Gasteiger partial charge in [-0.15, -0.1) is 0 Å². The van der Waals surface area contributed by atoms with E-state index >= 15 is 0 Å². The molecular weight excluding hydrogens is 276 g/mol. The van der Waals surface area contributed by atoms with Crippen molar-refractivity contribution < 1.29 is 8.78 Å². The average molecular weight is 285 g/mol. The highest BCUT2D eigenvalue weighted by molar-refractivity contribution is 7.99. The van der Waals surface area contributed by atoms with Crippen molar-refractivity contribution in [2.45, 2.75) is 15.1 Å². The summed E-state index contributed by atoms with van der Waals surface area (Å²) in [6, 6.07) is 5.28. The third kappa shape index (κ3) is 3.11. The topological polar surface area (TPSA) is 51.8 Å². The maximum atomic E-state index is 13.1. The number of nitrogen functional groups attached to an aromatic ring is 1. The highest BCUT2D eigenvalue weighted by Gasteiger charge is 2.07. The third-order valence-corrected chi connectivity index (χ3v) is 3.45. The van der Waals surface area contributed by atoms with Gasteiger partial charge in [0.1, 0.15) is 10.8 Å². The van der Waals surface area contributed by atoms with E-state index in [4.69, 9.17) is 5.73 Å². The molecule has 0 radical (unpaired) electrons. The number of rotatable bonds is 3. The zero-order valence-electron chi connectivity index (χ0n) is 9.35. The molecule has 0 aliphatic rings. The molecule has 7 heteroatoms. The molecule has 2 N–H and O–H groups in total. The fraction of sp³-hybridized carbons (Fsp3) is 0.0909. The molecule has 94 valence electrons. The van der Waals surface area contributed by atoms with Crippen molar-refractivity contribution in [1.29, 1.82) is 0 Å². The highest BCUT2D eigenvalue weighted by Crippen LogP contribution is 2.29. The molecule has 0 amide bonds. The van der Waals surface area contributed by atoms with Gasteiger partial charge in [0.05, 0.1) is 0 Å².